The number of halogens is 1. The maximum atomic E-state index is 11.7. The van der Waals surface area contributed by atoms with Crippen molar-refractivity contribution in [2.75, 3.05) is 31.1 Å². The van der Waals surface area contributed by atoms with Gasteiger partial charge in [-0.2, -0.15) is 0 Å². The second-order valence-corrected chi connectivity index (χ2v) is 5.46. The molecule has 5 heteroatoms. The van der Waals surface area contributed by atoms with Crippen LogP contribution in [0.4, 0.5) is 5.69 Å². The monoisotopic (exact) mass is 295 g/mol. The lowest BCUT2D eigenvalue weighted by Gasteiger charge is -2.25. The summed E-state index contributed by atoms with van der Waals surface area (Å²) in [4.78, 5) is 13.8. The van der Waals surface area contributed by atoms with Crippen LogP contribution in [0.25, 0.3) is 0 Å². The van der Waals surface area contributed by atoms with Gasteiger partial charge in [0.2, 0.25) is 5.91 Å². The van der Waals surface area contributed by atoms with Crippen LogP contribution in [-0.4, -0.2) is 32.1 Å². The highest BCUT2D eigenvalue weighted by Crippen LogP contribution is 2.30. The van der Waals surface area contributed by atoms with Crippen LogP contribution in [-0.2, 0) is 11.3 Å². The van der Waals surface area contributed by atoms with E-state index >= 15 is 0 Å². The fourth-order valence-corrected chi connectivity index (χ4v) is 2.77. The van der Waals surface area contributed by atoms with Crippen molar-refractivity contribution in [2.24, 2.45) is 0 Å². The van der Waals surface area contributed by atoms with Crippen LogP contribution >= 0.6 is 11.6 Å². The number of benzene rings is 1. The van der Waals surface area contributed by atoms with E-state index in [0.29, 0.717) is 6.54 Å². The number of rotatable bonds is 5. The van der Waals surface area contributed by atoms with Crippen molar-refractivity contribution in [2.45, 2.75) is 26.3 Å². The molecule has 1 amide bonds. The SMILES string of the molecule is CCCNCc1cccc(Cl)c1N1CCCNC(=O)C1. The van der Waals surface area contributed by atoms with Crippen molar-refractivity contribution in [1.82, 2.24) is 10.6 Å². The quantitative estimate of drug-likeness (QED) is 0.818. The van der Waals surface area contributed by atoms with E-state index in [0.717, 1.165) is 55.3 Å². The fourth-order valence-electron chi connectivity index (χ4n) is 2.45. The molecule has 0 spiro atoms. The highest BCUT2D eigenvalue weighted by atomic mass is 35.5. The van der Waals surface area contributed by atoms with Crippen LogP contribution in [0.5, 0.6) is 0 Å². The Kier molecular flexibility index (Phi) is 5.68. The number of hydrogen-bond donors (Lipinski definition) is 2. The Balaban J connectivity index is 2.21. The molecule has 0 saturated carbocycles. The molecule has 0 atom stereocenters. The van der Waals surface area contributed by atoms with Crippen LogP contribution in [0, 0.1) is 0 Å². The summed E-state index contributed by atoms with van der Waals surface area (Å²) >= 11 is 6.38. The Morgan fingerprint density at radius 2 is 2.30 bits per heavy atom. The van der Waals surface area contributed by atoms with Crippen LogP contribution < -0.4 is 15.5 Å². The summed E-state index contributed by atoms with van der Waals surface area (Å²) in [6.45, 7) is 5.87. The number of carbonyl (C=O) groups excluding carboxylic acids is 1. The lowest BCUT2D eigenvalue weighted by Crippen LogP contribution is -2.34. The lowest BCUT2D eigenvalue weighted by atomic mass is 10.1. The molecular weight excluding hydrogens is 274 g/mol. The first-order valence-corrected chi connectivity index (χ1v) is 7.60. The van der Waals surface area contributed by atoms with Crippen LogP contribution in [0.2, 0.25) is 5.02 Å². The Morgan fingerprint density at radius 3 is 3.10 bits per heavy atom. The zero-order valence-corrected chi connectivity index (χ0v) is 12.7. The second kappa shape index (κ2) is 7.50. The average Bonchev–Trinajstić information content (AvgIpc) is 2.64. The summed E-state index contributed by atoms with van der Waals surface area (Å²) in [6.07, 6.45) is 2.04. The number of nitrogens with zero attached hydrogens (tertiary/aromatic N) is 1. The highest BCUT2D eigenvalue weighted by molar-refractivity contribution is 6.33. The summed E-state index contributed by atoms with van der Waals surface area (Å²) in [5.74, 6) is 0.0647. The number of para-hydroxylation sites is 1. The summed E-state index contributed by atoms with van der Waals surface area (Å²) in [7, 11) is 0. The van der Waals surface area contributed by atoms with Crippen molar-refractivity contribution in [3.8, 4) is 0 Å². The summed E-state index contributed by atoms with van der Waals surface area (Å²) in [6, 6.07) is 5.93. The second-order valence-electron chi connectivity index (χ2n) is 5.05. The Hall–Kier alpha value is -1.26. The number of amides is 1. The Labute approximate surface area is 125 Å². The van der Waals surface area contributed by atoms with Gasteiger partial charge in [0, 0.05) is 19.6 Å². The zero-order valence-electron chi connectivity index (χ0n) is 11.9. The lowest BCUT2D eigenvalue weighted by molar-refractivity contribution is -0.119. The Morgan fingerprint density at radius 1 is 1.45 bits per heavy atom. The molecule has 20 heavy (non-hydrogen) atoms. The van der Waals surface area contributed by atoms with E-state index in [4.69, 9.17) is 11.6 Å². The Bertz CT molecular complexity index is 464. The third-order valence-corrected chi connectivity index (χ3v) is 3.70. The van der Waals surface area contributed by atoms with Gasteiger partial charge in [-0.15, -0.1) is 0 Å². The fraction of sp³-hybridized carbons (Fsp3) is 0.533. The minimum Gasteiger partial charge on any atom is -0.361 e. The first kappa shape index (κ1) is 15.1. The molecule has 0 bridgehead atoms. The van der Waals surface area contributed by atoms with Gasteiger partial charge in [0.15, 0.2) is 0 Å². The van der Waals surface area contributed by atoms with Crippen molar-refractivity contribution in [1.29, 1.82) is 0 Å². The van der Waals surface area contributed by atoms with Gasteiger partial charge in [-0.25, -0.2) is 0 Å². The molecule has 0 radical (unpaired) electrons. The van der Waals surface area contributed by atoms with Crippen molar-refractivity contribution in [3.63, 3.8) is 0 Å². The minimum atomic E-state index is 0.0647. The predicted octanol–water partition coefficient (Wildman–Crippen LogP) is 2.17. The maximum absolute atomic E-state index is 11.7. The molecule has 1 aromatic rings. The van der Waals surface area contributed by atoms with Gasteiger partial charge < -0.3 is 15.5 Å². The average molecular weight is 296 g/mol. The van der Waals surface area contributed by atoms with Crippen molar-refractivity contribution in [3.05, 3.63) is 28.8 Å². The first-order chi connectivity index (χ1) is 9.72. The van der Waals surface area contributed by atoms with Crippen LogP contribution in [0.15, 0.2) is 18.2 Å². The van der Waals surface area contributed by atoms with Gasteiger partial charge >= 0.3 is 0 Å². The van der Waals surface area contributed by atoms with Gasteiger partial charge in [-0.05, 0) is 31.0 Å². The number of nitrogens with one attached hydrogen (secondary N) is 2. The molecule has 1 aromatic carbocycles. The molecule has 110 valence electrons. The zero-order chi connectivity index (χ0) is 14.4. The molecule has 1 heterocycles. The van der Waals surface area contributed by atoms with E-state index in [-0.39, 0.29) is 5.91 Å². The van der Waals surface area contributed by atoms with Crippen molar-refractivity contribution >= 4 is 23.2 Å². The highest BCUT2D eigenvalue weighted by Gasteiger charge is 2.19. The largest absolute Gasteiger partial charge is 0.361 e. The third kappa shape index (κ3) is 3.87. The third-order valence-electron chi connectivity index (χ3n) is 3.39. The molecule has 0 aromatic heterocycles. The summed E-state index contributed by atoms with van der Waals surface area (Å²) < 4.78 is 0. The van der Waals surface area contributed by atoms with Gasteiger partial charge in [0.25, 0.3) is 0 Å². The summed E-state index contributed by atoms with van der Waals surface area (Å²) in [5, 5.41) is 7.01. The van der Waals surface area contributed by atoms with E-state index in [9.17, 15) is 4.79 Å². The molecule has 1 aliphatic rings. The van der Waals surface area contributed by atoms with Gasteiger partial charge in [0.05, 0.1) is 17.3 Å². The normalized spacial score (nSPS) is 15.9. The van der Waals surface area contributed by atoms with Crippen LogP contribution in [0.1, 0.15) is 25.3 Å². The van der Waals surface area contributed by atoms with E-state index < -0.39 is 0 Å². The van der Waals surface area contributed by atoms with Gasteiger partial charge in [0.1, 0.15) is 0 Å². The predicted molar refractivity (Wildman–Crippen MR) is 83.3 cm³/mol. The van der Waals surface area contributed by atoms with E-state index in [2.05, 4.69) is 28.5 Å². The molecule has 0 unspecified atom stereocenters. The van der Waals surface area contributed by atoms with Crippen molar-refractivity contribution < 1.29 is 4.79 Å². The molecule has 4 nitrogen and oxygen atoms in total. The maximum Gasteiger partial charge on any atom is 0.239 e. The molecule has 2 rings (SSSR count). The van der Waals surface area contributed by atoms with Gasteiger partial charge in [-0.3, -0.25) is 4.79 Å². The summed E-state index contributed by atoms with van der Waals surface area (Å²) in [5.41, 5.74) is 2.15. The topological polar surface area (TPSA) is 44.4 Å². The first-order valence-electron chi connectivity index (χ1n) is 7.22. The van der Waals surface area contributed by atoms with E-state index in [1.165, 1.54) is 0 Å². The molecule has 2 N–H and O–H groups in total. The van der Waals surface area contributed by atoms with Gasteiger partial charge in [-0.1, -0.05) is 30.7 Å². The molecule has 1 saturated heterocycles. The molecule has 0 aliphatic carbocycles. The molecule has 1 fully saturated rings. The van der Waals surface area contributed by atoms with Crippen LogP contribution in [0.3, 0.4) is 0 Å². The van der Waals surface area contributed by atoms with E-state index in [1.54, 1.807) is 0 Å². The smallest absolute Gasteiger partial charge is 0.239 e. The standard InChI is InChI=1S/C15H22ClN3O/c1-2-7-17-10-12-5-3-6-13(16)15(12)19-9-4-8-18-14(20)11-19/h3,5-6,17H,2,4,7-11H2,1H3,(H,18,20). The van der Waals surface area contributed by atoms with E-state index in [1.807, 2.05) is 12.1 Å². The number of anilines is 1. The molecule has 1 aliphatic heterocycles. The number of hydrogen-bond acceptors (Lipinski definition) is 3. The molecular formula is C15H22ClN3O. The minimum absolute atomic E-state index is 0.0647. The number of carbonyl (C=O) groups is 1.